The Labute approximate surface area is 116 Å². The number of aryl methyl sites for hydroxylation is 2. The van der Waals surface area contributed by atoms with E-state index in [1.807, 2.05) is 23.5 Å². The minimum Gasteiger partial charge on any atom is -0.313 e. The summed E-state index contributed by atoms with van der Waals surface area (Å²) in [6.45, 7) is 9.89. The van der Waals surface area contributed by atoms with Crippen molar-refractivity contribution >= 4 is 11.8 Å². The van der Waals surface area contributed by atoms with Crippen LogP contribution in [0, 0.1) is 6.92 Å². The van der Waals surface area contributed by atoms with Crippen molar-refractivity contribution in [3.63, 3.8) is 0 Å². The first-order valence-corrected chi connectivity index (χ1v) is 7.92. The molecule has 0 radical (unpaired) electrons. The first kappa shape index (κ1) is 15.6. The molecule has 0 fully saturated rings. The van der Waals surface area contributed by atoms with Crippen molar-refractivity contribution in [1.82, 2.24) is 15.1 Å². The number of nitrogens with one attached hydrogen (secondary N) is 1. The van der Waals surface area contributed by atoms with E-state index in [2.05, 4.69) is 44.2 Å². The number of hydrogen-bond acceptors (Lipinski definition) is 3. The highest BCUT2D eigenvalue weighted by Gasteiger charge is 2.13. The molecule has 0 amide bonds. The Bertz CT molecular complexity index is 347. The molecule has 1 rings (SSSR count). The van der Waals surface area contributed by atoms with Crippen LogP contribution in [0.3, 0.4) is 0 Å². The molecule has 1 aromatic rings. The van der Waals surface area contributed by atoms with E-state index in [9.17, 15) is 0 Å². The summed E-state index contributed by atoms with van der Waals surface area (Å²) in [7, 11) is 2.04. The fourth-order valence-corrected chi connectivity index (χ4v) is 2.81. The molecule has 0 saturated carbocycles. The molecule has 0 aromatic carbocycles. The van der Waals surface area contributed by atoms with E-state index in [1.165, 1.54) is 17.9 Å². The van der Waals surface area contributed by atoms with Gasteiger partial charge in [-0.1, -0.05) is 20.8 Å². The first-order valence-electron chi connectivity index (χ1n) is 6.87. The van der Waals surface area contributed by atoms with Crippen molar-refractivity contribution in [2.75, 3.05) is 12.3 Å². The SMILES string of the molecule is CCCNC(CSC(C)C)Cc1cc(C)nn1C. The van der Waals surface area contributed by atoms with E-state index in [4.69, 9.17) is 0 Å². The molecule has 0 aliphatic rings. The Kier molecular flexibility index (Phi) is 6.79. The molecule has 1 heterocycles. The lowest BCUT2D eigenvalue weighted by Gasteiger charge is -2.19. The summed E-state index contributed by atoms with van der Waals surface area (Å²) in [5.74, 6) is 1.17. The Hall–Kier alpha value is -0.480. The van der Waals surface area contributed by atoms with Gasteiger partial charge in [0.15, 0.2) is 0 Å². The van der Waals surface area contributed by atoms with Crippen molar-refractivity contribution in [3.8, 4) is 0 Å². The number of thioether (sulfide) groups is 1. The van der Waals surface area contributed by atoms with Crippen LogP contribution in [0.4, 0.5) is 0 Å². The van der Waals surface area contributed by atoms with E-state index in [0.29, 0.717) is 11.3 Å². The van der Waals surface area contributed by atoms with Crippen LogP contribution in [-0.4, -0.2) is 33.4 Å². The third kappa shape index (κ3) is 5.44. The van der Waals surface area contributed by atoms with Crippen LogP contribution in [-0.2, 0) is 13.5 Å². The predicted octanol–water partition coefficient (Wildman–Crippen LogP) is 2.78. The maximum atomic E-state index is 4.42. The molecule has 0 bridgehead atoms. The molecule has 18 heavy (non-hydrogen) atoms. The molecule has 1 aromatic heterocycles. The van der Waals surface area contributed by atoms with Gasteiger partial charge in [-0.15, -0.1) is 0 Å². The molecular formula is C14H27N3S. The van der Waals surface area contributed by atoms with Crippen molar-refractivity contribution in [2.45, 2.75) is 51.8 Å². The second kappa shape index (κ2) is 7.85. The largest absolute Gasteiger partial charge is 0.313 e. The maximum absolute atomic E-state index is 4.42. The average molecular weight is 269 g/mol. The Balaban J connectivity index is 2.56. The summed E-state index contributed by atoms with van der Waals surface area (Å²) < 4.78 is 2.01. The minimum atomic E-state index is 0.548. The summed E-state index contributed by atoms with van der Waals surface area (Å²) in [6, 6.07) is 2.74. The van der Waals surface area contributed by atoms with Gasteiger partial charge in [0.2, 0.25) is 0 Å². The highest BCUT2D eigenvalue weighted by molar-refractivity contribution is 7.99. The van der Waals surface area contributed by atoms with Crippen LogP contribution in [0.5, 0.6) is 0 Å². The second-order valence-corrected chi connectivity index (χ2v) is 6.75. The molecule has 104 valence electrons. The van der Waals surface area contributed by atoms with Crippen LogP contribution < -0.4 is 5.32 Å². The molecule has 3 nitrogen and oxygen atoms in total. The van der Waals surface area contributed by atoms with Gasteiger partial charge in [-0.3, -0.25) is 4.68 Å². The first-order chi connectivity index (χ1) is 8.52. The maximum Gasteiger partial charge on any atom is 0.0596 e. The molecule has 1 unspecified atom stereocenters. The third-order valence-corrected chi connectivity index (χ3v) is 4.13. The van der Waals surface area contributed by atoms with Crippen molar-refractivity contribution in [2.24, 2.45) is 7.05 Å². The fourth-order valence-electron chi connectivity index (χ4n) is 1.95. The van der Waals surface area contributed by atoms with Gasteiger partial charge in [0.05, 0.1) is 5.69 Å². The van der Waals surface area contributed by atoms with E-state index >= 15 is 0 Å². The average Bonchev–Trinajstić information content (AvgIpc) is 2.61. The van der Waals surface area contributed by atoms with Crippen molar-refractivity contribution < 1.29 is 0 Å². The number of hydrogen-bond donors (Lipinski definition) is 1. The highest BCUT2D eigenvalue weighted by Crippen LogP contribution is 2.14. The number of rotatable bonds is 8. The van der Waals surface area contributed by atoms with Crippen LogP contribution in [0.15, 0.2) is 6.07 Å². The lowest BCUT2D eigenvalue weighted by Crippen LogP contribution is -2.35. The lowest BCUT2D eigenvalue weighted by atomic mass is 10.1. The lowest BCUT2D eigenvalue weighted by molar-refractivity contribution is 0.531. The van der Waals surface area contributed by atoms with E-state index in [-0.39, 0.29) is 0 Å². The van der Waals surface area contributed by atoms with E-state index in [0.717, 1.165) is 18.7 Å². The van der Waals surface area contributed by atoms with Crippen LogP contribution in [0.1, 0.15) is 38.6 Å². The Morgan fingerprint density at radius 1 is 1.44 bits per heavy atom. The summed E-state index contributed by atoms with van der Waals surface area (Å²) >= 11 is 2.03. The summed E-state index contributed by atoms with van der Waals surface area (Å²) in [5.41, 5.74) is 2.43. The van der Waals surface area contributed by atoms with Gasteiger partial charge in [0, 0.05) is 31.0 Å². The van der Waals surface area contributed by atoms with Crippen LogP contribution >= 0.6 is 11.8 Å². The van der Waals surface area contributed by atoms with Gasteiger partial charge in [0.25, 0.3) is 0 Å². The molecule has 1 atom stereocenters. The van der Waals surface area contributed by atoms with E-state index in [1.54, 1.807) is 0 Å². The van der Waals surface area contributed by atoms with Gasteiger partial charge < -0.3 is 5.32 Å². The third-order valence-electron chi connectivity index (χ3n) is 2.87. The highest BCUT2D eigenvalue weighted by atomic mass is 32.2. The Morgan fingerprint density at radius 3 is 2.67 bits per heavy atom. The van der Waals surface area contributed by atoms with Crippen LogP contribution in [0.2, 0.25) is 0 Å². The van der Waals surface area contributed by atoms with Crippen molar-refractivity contribution in [3.05, 3.63) is 17.5 Å². The van der Waals surface area contributed by atoms with E-state index < -0.39 is 0 Å². The molecule has 0 spiro atoms. The van der Waals surface area contributed by atoms with Gasteiger partial charge in [-0.05, 0) is 31.2 Å². The number of aromatic nitrogens is 2. The minimum absolute atomic E-state index is 0.548. The molecular weight excluding hydrogens is 242 g/mol. The van der Waals surface area contributed by atoms with Gasteiger partial charge >= 0.3 is 0 Å². The molecule has 0 aliphatic heterocycles. The summed E-state index contributed by atoms with van der Waals surface area (Å²) in [6.07, 6.45) is 2.25. The Morgan fingerprint density at radius 2 is 2.17 bits per heavy atom. The second-order valence-electron chi connectivity index (χ2n) is 5.14. The molecule has 0 saturated heterocycles. The van der Waals surface area contributed by atoms with Gasteiger partial charge in [-0.2, -0.15) is 16.9 Å². The standard InChI is InChI=1S/C14H27N3S/c1-6-7-15-13(10-18-11(2)3)9-14-8-12(4)16-17(14)5/h8,11,13,15H,6-7,9-10H2,1-5H3. The number of nitrogens with zero attached hydrogens (tertiary/aromatic N) is 2. The smallest absolute Gasteiger partial charge is 0.0596 e. The van der Waals surface area contributed by atoms with Gasteiger partial charge in [-0.25, -0.2) is 0 Å². The van der Waals surface area contributed by atoms with Crippen LogP contribution in [0.25, 0.3) is 0 Å². The zero-order chi connectivity index (χ0) is 13.5. The summed E-state index contributed by atoms with van der Waals surface area (Å²) in [4.78, 5) is 0. The predicted molar refractivity (Wildman–Crippen MR) is 81.3 cm³/mol. The molecule has 1 N–H and O–H groups in total. The topological polar surface area (TPSA) is 29.9 Å². The molecule has 0 aliphatic carbocycles. The molecule has 4 heteroatoms. The summed E-state index contributed by atoms with van der Waals surface area (Å²) in [5, 5.41) is 8.77. The fraction of sp³-hybridized carbons (Fsp3) is 0.786. The normalized spacial score (nSPS) is 13.2. The van der Waals surface area contributed by atoms with Gasteiger partial charge in [0.1, 0.15) is 0 Å². The van der Waals surface area contributed by atoms with Crippen molar-refractivity contribution in [1.29, 1.82) is 0 Å². The zero-order valence-corrected chi connectivity index (χ0v) is 13.2. The monoisotopic (exact) mass is 269 g/mol. The quantitative estimate of drug-likeness (QED) is 0.787. The zero-order valence-electron chi connectivity index (χ0n) is 12.4.